The summed E-state index contributed by atoms with van der Waals surface area (Å²) >= 11 is 0. The van der Waals surface area contributed by atoms with Crippen LogP contribution in [0.4, 0.5) is 0 Å². The van der Waals surface area contributed by atoms with Crippen LogP contribution in [0.15, 0.2) is 11.8 Å². The number of hydrogen-bond donors (Lipinski definition) is 2. The Morgan fingerprint density at radius 3 is 3.17 bits per heavy atom. The first kappa shape index (κ1) is 7.65. The second-order valence-electron chi connectivity index (χ2n) is 3.56. The lowest BCUT2D eigenvalue weighted by Gasteiger charge is -2.14. The van der Waals surface area contributed by atoms with Gasteiger partial charge in [-0.25, -0.2) is 4.79 Å². The van der Waals surface area contributed by atoms with Crippen LogP contribution < -0.4 is 5.32 Å². The van der Waals surface area contributed by atoms with Gasteiger partial charge in [0.25, 0.3) is 0 Å². The topological polar surface area (TPSA) is 49.3 Å². The third-order valence-electron chi connectivity index (χ3n) is 2.72. The van der Waals surface area contributed by atoms with Gasteiger partial charge in [0.1, 0.15) is 6.04 Å². The first-order chi connectivity index (χ1) is 5.77. The van der Waals surface area contributed by atoms with Gasteiger partial charge in [-0.15, -0.1) is 0 Å². The monoisotopic (exact) mass is 167 g/mol. The molecule has 1 aliphatic carbocycles. The molecule has 0 aromatic heterocycles. The van der Waals surface area contributed by atoms with E-state index in [0.29, 0.717) is 5.92 Å². The van der Waals surface area contributed by atoms with Crippen molar-refractivity contribution in [2.45, 2.75) is 31.7 Å². The van der Waals surface area contributed by atoms with Gasteiger partial charge < -0.3 is 10.4 Å². The van der Waals surface area contributed by atoms with E-state index in [-0.39, 0.29) is 6.04 Å². The van der Waals surface area contributed by atoms with Crippen LogP contribution in [0.3, 0.4) is 0 Å². The minimum absolute atomic E-state index is 0.334. The fourth-order valence-corrected chi connectivity index (χ4v) is 2.07. The van der Waals surface area contributed by atoms with Crippen LogP contribution in [0.1, 0.15) is 25.7 Å². The van der Waals surface area contributed by atoms with Gasteiger partial charge in [0.15, 0.2) is 0 Å². The molecule has 2 atom stereocenters. The highest BCUT2D eigenvalue weighted by atomic mass is 16.4. The summed E-state index contributed by atoms with van der Waals surface area (Å²) in [5, 5.41) is 11.8. The molecule has 0 spiro atoms. The van der Waals surface area contributed by atoms with E-state index in [0.717, 1.165) is 19.3 Å². The van der Waals surface area contributed by atoms with Crippen molar-refractivity contribution in [1.29, 1.82) is 0 Å². The maximum Gasteiger partial charge on any atom is 0.326 e. The van der Waals surface area contributed by atoms with Gasteiger partial charge in [-0.2, -0.15) is 0 Å². The number of carboxylic acid groups (broad SMARTS) is 1. The maximum absolute atomic E-state index is 10.7. The van der Waals surface area contributed by atoms with Crippen molar-refractivity contribution in [2.75, 3.05) is 0 Å². The summed E-state index contributed by atoms with van der Waals surface area (Å²) in [5.74, 6) is -0.217. The Hall–Kier alpha value is -0.990. The molecule has 0 bridgehead atoms. The fourth-order valence-electron chi connectivity index (χ4n) is 2.07. The van der Waals surface area contributed by atoms with Gasteiger partial charge in [0, 0.05) is 11.6 Å². The Labute approximate surface area is 71.5 Å². The summed E-state index contributed by atoms with van der Waals surface area (Å²) in [6, 6.07) is -0.334. The molecular weight excluding hydrogens is 154 g/mol. The minimum atomic E-state index is -0.717. The van der Waals surface area contributed by atoms with Crippen molar-refractivity contribution in [2.24, 2.45) is 5.92 Å². The Morgan fingerprint density at radius 2 is 2.50 bits per heavy atom. The molecule has 1 saturated heterocycles. The van der Waals surface area contributed by atoms with E-state index < -0.39 is 5.97 Å². The number of nitrogens with one attached hydrogen (secondary N) is 1. The zero-order valence-corrected chi connectivity index (χ0v) is 6.92. The number of fused-ring (bicyclic) bond motifs is 1. The lowest BCUT2D eigenvalue weighted by molar-refractivity contribution is -0.139. The van der Waals surface area contributed by atoms with Crippen molar-refractivity contribution in [1.82, 2.24) is 5.32 Å². The quantitative estimate of drug-likeness (QED) is 0.615. The lowest BCUT2D eigenvalue weighted by Crippen LogP contribution is -2.29. The zero-order chi connectivity index (χ0) is 8.55. The predicted octanol–water partition coefficient (Wildman–Crippen LogP) is 1.12. The first-order valence-corrected chi connectivity index (χ1v) is 4.47. The number of rotatable bonds is 1. The first-order valence-electron chi connectivity index (χ1n) is 4.47. The molecule has 3 nitrogen and oxygen atoms in total. The maximum atomic E-state index is 10.7. The summed E-state index contributed by atoms with van der Waals surface area (Å²) in [5.41, 5.74) is 1.17. The molecule has 1 fully saturated rings. The smallest absolute Gasteiger partial charge is 0.326 e. The Morgan fingerprint density at radius 1 is 1.67 bits per heavy atom. The Bertz CT molecular complexity index is 235. The van der Waals surface area contributed by atoms with Crippen molar-refractivity contribution in [3.8, 4) is 0 Å². The van der Waals surface area contributed by atoms with Gasteiger partial charge in [0.2, 0.25) is 0 Å². The number of allylic oxidation sites excluding steroid dienone is 2. The molecule has 2 unspecified atom stereocenters. The van der Waals surface area contributed by atoms with E-state index in [9.17, 15) is 4.79 Å². The van der Waals surface area contributed by atoms with Crippen LogP contribution >= 0.6 is 0 Å². The van der Waals surface area contributed by atoms with Gasteiger partial charge >= 0.3 is 5.97 Å². The zero-order valence-electron chi connectivity index (χ0n) is 6.92. The third-order valence-corrected chi connectivity index (χ3v) is 2.72. The largest absolute Gasteiger partial charge is 0.480 e. The van der Waals surface area contributed by atoms with Crippen LogP contribution in [0, 0.1) is 5.92 Å². The van der Waals surface area contributed by atoms with E-state index >= 15 is 0 Å². The van der Waals surface area contributed by atoms with E-state index in [2.05, 4.69) is 11.4 Å². The normalized spacial score (nSPS) is 33.5. The molecule has 0 aromatic rings. The van der Waals surface area contributed by atoms with Crippen LogP contribution in [0.25, 0.3) is 0 Å². The fraction of sp³-hybridized carbons (Fsp3) is 0.667. The molecule has 1 heterocycles. The van der Waals surface area contributed by atoms with E-state index in [4.69, 9.17) is 5.11 Å². The summed E-state index contributed by atoms with van der Waals surface area (Å²) in [6.07, 6.45) is 6.40. The van der Waals surface area contributed by atoms with Crippen molar-refractivity contribution in [3.05, 3.63) is 11.8 Å². The highest BCUT2D eigenvalue weighted by Crippen LogP contribution is 2.32. The average molecular weight is 167 g/mol. The van der Waals surface area contributed by atoms with E-state index in [1.807, 2.05) is 0 Å². The van der Waals surface area contributed by atoms with Gasteiger partial charge in [0.05, 0.1) is 0 Å². The van der Waals surface area contributed by atoms with Crippen molar-refractivity contribution in [3.63, 3.8) is 0 Å². The van der Waals surface area contributed by atoms with E-state index in [1.165, 1.54) is 12.1 Å². The van der Waals surface area contributed by atoms with Gasteiger partial charge in [-0.05, 0) is 25.7 Å². The van der Waals surface area contributed by atoms with Crippen LogP contribution in [0.2, 0.25) is 0 Å². The Balaban J connectivity index is 2.09. The molecule has 3 heteroatoms. The second-order valence-corrected chi connectivity index (χ2v) is 3.56. The average Bonchev–Trinajstić information content (AvgIpc) is 2.46. The SMILES string of the molecule is O=C(O)C1CC2CCCC=C2N1. The predicted molar refractivity (Wildman–Crippen MR) is 44.6 cm³/mol. The van der Waals surface area contributed by atoms with Crippen LogP contribution in [-0.2, 0) is 4.79 Å². The third kappa shape index (κ3) is 1.19. The van der Waals surface area contributed by atoms with Gasteiger partial charge in [-0.3, -0.25) is 0 Å². The summed E-state index contributed by atoms with van der Waals surface area (Å²) < 4.78 is 0. The molecule has 66 valence electrons. The molecular formula is C9H13NO2. The standard InChI is InChI=1S/C9H13NO2/c11-9(12)8-5-6-3-1-2-4-7(6)10-8/h4,6,8,10H,1-3,5H2,(H,11,12). The second kappa shape index (κ2) is 2.81. The molecule has 0 saturated carbocycles. The molecule has 0 amide bonds. The molecule has 0 radical (unpaired) electrons. The molecule has 2 N–H and O–H groups in total. The minimum Gasteiger partial charge on any atom is -0.480 e. The number of aliphatic carboxylic acids is 1. The van der Waals surface area contributed by atoms with E-state index in [1.54, 1.807) is 0 Å². The highest BCUT2D eigenvalue weighted by Gasteiger charge is 2.33. The number of carboxylic acids is 1. The highest BCUT2D eigenvalue weighted by molar-refractivity contribution is 5.74. The molecule has 1 aliphatic heterocycles. The summed E-state index contributed by atoms with van der Waals surface area (Å²) in [4.78, 5) is 10.7. The number of hydrogen-bond acceptors (Lipinski definition) is 2. The Kier molecular flexibility index (Phi) is 1.79. The van der Waals surface area contributed by atoms with Gasteiger partial charge in [-0.1, -0.05) is 6.08 Å². The molecule has 2 rings (SSSR count). The molecule has 2 aliphatic rings. The van der Waals surface area contributed by atoms with Crippen molar-refractivity contribution < 1.29 is 9.90 Å². The number of carbonyl (C=O) groups is 1. The molecule has 0 aromatic carbocycles. The van der Waals surface area contributed by atoms with Crippen LogP contribution in [0.5, 0.6) is 0 Å². The summed E-state index contributed by atoms with van der Waals surface area (Å²) in [6.45, 7) is 0. The summed E-state index contributed by atoms with van der Waals surface area (Å²) in [7, 11) is 0. The lowest BCUT2D eigenvalue weighted by atomic mass is 9.92. The van der Waals surface area contributed by atoms with Crippen LogP contribution in [-0.4, -0.2) is 17.1 Å². The van der Waals surface area contributed by atoms with Crippen molar-refractivity contribution >= 4 is 5.97 Å². The molecule has 12 heavy (non-hydrogen) atoms.